The number of ether oxygens (including phenoxy) is 2. The minimum absolute atomic E-state index is 0.111. The van der Waals surface area contributed by atoms with E-state index in [2.05, 4.69) is 17.1 Å². The number of methoxy groups -OCH3 is 1. The summed E-state index contributed by atoms with van der Waals surface area (Å²) in [6.07, 6.45) is 4.32. The van der Waals surface area contributed by atoms with Crippen LogP contribution in [0.15, 0.2) is 6.33 Å². The molecule has 84 valence electrons. The fourth-order valence-electron chi connectivity index (χ4n) is 1.87. The van der Waals surface area contributed by atoms with Gasteiger partial charge in [0.1, 0.15) is 12.4 Å². The molecule has 0 radical (unpaired) electrons. The van der Waals surface area contributed by atoms with Crippen molar-refractivity contribution >= 4 is 0 Å². The Morgan fingerprint density at radius 1 is 1.60 bits per heavy atom. The van der Waals surface area contributed by atoms with Crippen molar-refractivity contribution in [2.24, 2.45) is 0 Å². The van der Waals surface area contributed by atoms with E-state index in [9.17, 15) is 0 Å². The average Bonchev–Trinajstić information content (AvgIpc) is 2.82. The first-order valence-corrected chi connectivity index (χ1v) is 5.33. The third-order valence-corrected chi connectivity index (χ3v) is 2.70. The van der Waals surface area contributed by atoms with E-state index >= 15 is 0 Å². The average molecular weight is 211 g/mol. The molecule has 5 nitrogen and oxygen atoms in total. The standard InChI is InChI=1S/C10H17N3O2/c1-8-3-4-9(15-8)10-12-11-7-13(10)5-6-14-2/h7-9H,3-6H2,1-2H3. The lowest BCUT2D eigenvalue weighted by atomic mass is 10.2. The molecule has 0 bridgehead atoms. The van der Waals surface area contributed by atoms with Gasteiger partial charge in [-0.3, -0.25) is 0 Å². The molecule has 2 unspecified atom stereocenters. The smallest absolute Gasteiger partial charge is 0.162 e. The van der Waals surface area contributed by atoms with Gasteiger partial charge in [-0.05, 0) is 19.8 Å². The van der Waals surface area contributed by atoms with E-state index in [-0.39, 0.29) is 6.10 Å². The normalized spacial score (nSPS) is 26.0. The maximum Gasteiger partial charge on any atom is 0.162 e. The molecule has 1 aliphatic rings. The summed E-state index contributed by atoms with van der Waals surface area (Å²) < 4.78 is 12.8. The van der Waals surface area contributed by atoms with Crippen molar-refractivity contribution in [3.05, 3.63) is 12.2 Å². The summed E-state index contributed by atoms with van der Waals surface area (Å²) in [5, 5.41) is 8.04. The highest BCUT2D eigenvalue weighted by molar-refractivity contribution is 4.94. The van der Waals surface area contributed by atoms with Gasteiger partial charge in [0.2, 0.25) is 0 Å². The Labute approximate surface area is 89.4 Å². The molecule has 2 rings (SSSR count). The second-order valence-corrected chi connectivity index (χ2v) is 3.89. The van der Waals surface area contributed by atoms with Crippen LogP contribution in [-0.2, 0) is 16.0 Å². The molecule has 0 amide bonds. The predicted molar refractivity (Wildman–Crippen MR) is 54.4 cm³/mol. The van der Waals surface area contributed by atoms with Crippen LogP contribution in [0.5, 0.6) is 0 Å². The molecule has 15 heavy (non-hydrogen) atoms. The summed E-state index contributed by atoms with van der Waals surface area (Å²) in [6.45, 7) is 3.55. The van der Waals surface area contributed by atoms with E-state index < -0.39 is 0 Å². The quantitative estimate of drug-likeness (QED) is 0.750. The van der Waals surface area contributed by atoms with Crippen LogP contribution in [-0.4, -0.2) is 34.6 Å². The topological polar surface area (TPSA) is 49.2 Å². The molecular formula is C10H17N3O2. The molecule has 2 heterocycles. The molecular weight excluding hydrogens is 194 g/mol. The van der Waals surface area contributed by atoms with Crippen LogP contribution in [0.4, 0.5) is 0 Å². The van der Waals surface area contributed by atoms with E-state index in [1.165, 1.54) is 0 Å². The number of nitrogens with zero attached hydrogens (tertiary/aromatic N) is 3. The molecule has 1 aromatic rings. The first-order valence-electron chi connectivity index (χ1n) is 5.33. The lowest BCUT2D eigenvalue weighted by Gasteiger charge is -2.11. The first kappa shape index (κ1) is 10.6. The highest BCUT2D eigenvalue weighted by Gasteiger charge is 2.27. The van der Waals surface area contributed by atoms with E-state index in [1.54, 1.807) is 13.4 Å². The summed E-state index contributed by atoms with van der Waals surface area (Å²) in [6, 6.07) is 0. The third kappa shape index (κ3) is 2.35. The summed E-state index contributed by atoms with van der Waals surface area (Å²) in [7, 11) is 1.69. The molecule has 1 fully saturated rings. The Bertz CT molecular complexity index is 313. The molecule has 0 spiro atoms. The molecule has 2 atom stereocenters. The highest BCUT2D eigenvalue weighted by Crippen LogP contribution is 2.30. The Kier molecular flexibility index (Phi) is 3.33. The van der Waals surface area contributed by atoms with Crippen molar-refractivity contribution in [3.63, 3.8) is 0 Å². The summed E-state index contributed by atoms with van der Waals surface area (Å²) in [5.41, 5.74) is 0. The number of rotatable bonds is 4. The SMILES string of the molecule is COCCn1cnnc1C1CCC(C)O1. The molecule has 1 aromatic heterocycles. The van der Waals surface area contributed by atoms with Crippen molar-refractivity contribution in [1.29, 1.82) is 0 Å². The second-order valence-electron chi connectivity index (χ2n) is 3.89. The number of hydrogen-bond donors (Lipinski definition) is 0. The largest absolute Gasteiger partial charge is 0.383 e. The van der Waals surface area contributed by atoms with Gasteiger partial charge < -0.3 is 14.0 Å². The molecule has 1 saturated heterocycles. The van der Waals surface area contributed by atoms with Crippen LogP contribution in [0.3, 0.4) is 0 Å². The zero-order valence-corrected chi connectivity index (χ0v) is 9.22. The van der Waals surface area contributed by atoms with Gasteiger partial charge in [0, 0.05) is 13.7 Å². The first-order chi connectivity index (χ1) is 7.31. The molecule has 0 saturated carbocycles. The minimum atomic E-state index is 0.111. The zero-order chi connectivity index (χ0) is 10.7. The molecule has 0 aliphatic carbocycles. The molecule has 0 aromatic carbocycles. The fourth-order valence-corrected chi connectivity index (χ4v) is 1.87. The van der Waals surface area contributed by atoms with Gasteiger partial charge in [-0.15, -0.1) is 10.2 Å². The fraction of sp³-hybridized carbons (Fsp3) is 0.800. The third-order valence-electron chi connectivity index (χ3n) is 2.70. The minimum Gasteiger partial charge on any atom is -0.383 e. The van der Waals surface area contributed by atoms with Crippen molar-refractivity contribution in [3.8, 4) is 0 Å². The van der Waals surface area contributed by atoms with Gasteiger partial charge in [0.05, 0.1) is 12.7 Å². The second kappa shape index (κ2) is 4.72. The predicted octanol–water partition coefficient (Wildman–Crippen LogP) is 1.16. The van der Waals surface area contributed by atoms with Crippen LogP contribution in [0.2, 0.25) is 0 Å². The molecule has 5 heteroatoms. The lowest BCUT2D eigenvalue weighted by molar-refractivity contribution is 0.0471. The van der Waals surface area contributed by atoms with Crippen LogP contribution in [0.25, 0.3) is 0 Å². The van der Waals surface area contributed by atoms with Crippen LogP contribution < -0.4 is 0 Å². The summed E-state index contributed by atoms with van der Waals surface area (Å²) in [5.74, 6) is 0.927. The number of aromatic nitrogens is 3. The number of hydrogen-bond acceptors (Lipinski definition) is 4. The van der Waals surface area contributed by atoms with Crippen molar-refractivity contribution in [2.45, 2.75) is 38.5 Å². The Morgan fingerprint density at radius 2 is 2.47 bits per heavy atom. The van der Waals surface area contributed by atoms with Crippen LogP contribution >= 0.6 is 0 Å². The van der Waals surface area contributed by atoms with Gasteiger partial charge in [-0.25, -0.2) is 0 Å². The molecule has 1 aliphatic heterocycles. The van der Waals surface area contributed by atoms with Gasteiger partial charge in [-0.1, -0.05) is 0 Å². The Balaban J connectivity index is 2.04. The summed E-state index contributed by atoms with van der Waals surface area (Å²) >= 11 is 0. The van der Waals surface area contributed by atoms with Crippen LogP contribution in [0.1, 0.15) is 31.7 Å². The van der Waals surface area contributed by atoms with Crippen molar-refractivity contribution in [1.82, 2.24) is 14.8 Å². The zero-order valence-electron chi connectivity index (χ0n) is 9.22. The monoisotopic (exact) mass is 211 g/mol. The molecule has 0 N–H and O–H groups in total. The van der Waals surface area contributed by atoms with Gasteiger partial charge in [0.25, 0.3) is 0 Å². The van der Waals surface area contributed by atoms with E-state index in [0.717, 1.165) is 25.2 Å². The summed E-state index contributed by atoms with van der Waals surface area (Å²) in [4.78, 5) is 0. The maximum absolute atomic E-state index is 5.76. The van der Waals surface area contributed by atoms with Crippen molar-refractivity contribution < 1.29 is 9.47 Å². The Hall–Kier alpha value is -0.940. The van der Waals surface area contributed by atoms with Gasteiger partial charge in [-0.2, -0.15) is 0 Å². The van der Waals surface area contributed by atoms with E-state index in [1.807, 2.05) is 4.57 Å². The van der Waals surface area contributed by atoms with E-state index in [0.29, 0.717) is 12.7 Å². The van der Waals surface area contributed by atoms with Crippen molar-refractivity contribution in [2.75, 3.05) is 13.7 Å². The van der Waals surface area contributed by atoms with Gasteiger partial charge >= 0.3 is 0 Å². The van der Waals surface area contributed by atoms with E-state index in [4.69, 9.17) is 9.47 Å². The van der Waals surface area contributed by atoms with Gasteiger partial charge in [0.15, 0.2) is 5.82 Å². The lowest BCUT2D eigenvalue weighted by Crippen LogP contribution is -2.12. The highest BCUT2D eigenvalue weighted by atomic mass is 16.5. The Morgan fingerprint density at radius 3 is 3.13 bits per heavy atom. The maximum atomic E-state index is 5.76. The van der Waals surface area contributed by atoms with Crippen LogP contribution in [0, 0.1) is 0 Å².